The average molecular weight is 238 g/mol. The van der Waals surface area contributed by atoms with Crippen LogP contribution in [0, 0.1) is 19.3 Å². The van der Waals surface area contributed by atoms with Crippen LogP contribution < -0.4 is 0 Å². The van der Waals surface area contributed by atoms with Gasteiger partial charge in [-0.2, -0.15) is 5.10 Å². The lowest BCUT2D eigenvalue weighted by Gasteiger charge is -2.19. The second kappa shape index (κ2) is 4.90. The number of hydrogen-bond donors (Lipinski definition) is 1. The molecular weight excluding hydrogens is 216 g/mol. The number of aromatic nitrogens is 2. The van der Waals surface area contributed by atoms with Crippen molar-refractivity contribution >= 4 is 5.97 Å². The Morgan fingerprint density at radius 3 is 2.41 bits per heavy atom. The zero-order valence-electron chi connectivity index (χ0n) is 11.4. The second-order valence-corrected chi connectivity index (χ2v) is 5.76. The molecule has 0 atom stereocenters. The molecule has 96 valence electrons. The van der Waals surface area contributed by atoms with Crippen molar-refractivity contribution in [3.63, 3.8) is 0 Å². The van der Waals surface area contributed by atoms with E-state index in [1.54, 1.807) is 0 Å². The number of hydrogen-bond acceptors (Lipinski definition) is 2. The fraction of sp³-hybridized carbons (Fsp3) is 0.692. The lowest BCUT2D eigenvalue weighted by Crippen LogP contribution is -2.17. The van der Waals surface area contributed by atoms with Gasteiger partial charge in [-0.1, -0.05) is 20.8 Å². The molecule has 1 N–H and O–H groups in total. The summed E-state index contributed by atoms with van der Waals surface area (Å²) >= 11 is 0. The van der Waals surface area contributed by atoms with E-state index in [4.69, 9.17) is 5.11 Å². The molecule has 0 amide bonds. The van der Waals surface area contributed by atoms with Gasteiger partial charge in [-0.05, 0) is 31.2 Å². The quantitative estimate of drug-likeness (QED) is 0.877. The highest BCUT2D eigenvalue weighted by Gasteiger charge is 2.17. The summed E-state index contributed by atoms with van der Waals surface area (Å²) in [5.41, 5.74) is 3.30. The molecule has 0 aliphatic heterocycles. The van der Waals surface area contributed by atoms with Gasteiger partial charge in [0.15, 0.2) is 0 Å². The van der Waals surface area contributed by atoms with E-state index in [1.807, 2.05) is 18.5 Å². The molecule has 0 radical (unpaired) electrons. The molecule has 1 aromatic rings. The summed E-state index contributed by atoms with van der Waals surface area (Å²) in [6.07, 6.45) is 0.736. The highest BCUT2D eigenvalue weighted by molar-refractivity contribution is 5.67. The standard InChI is InChI=1S/C13H22N2O2/c1-9-11(6-7-12(16)17)10(2)15(14-9)8-13(3,4)5/h6-8H2,1-5H3,(H,16,17). The molecule has 0 saturated carbocycles. The summed E-state index contributed by atoms with van der Waals surface area (Å²) < 4.78 is 1.99. The van der Waals surface area contributed by atoms with Gasteiger partial charge in [0.1, 0.15) is 0 Å². The number of aryl methyl sites for hydroxylation is 1. The maximum atomic E-state index is 10.6. The molecule has 1 rings (SSSR count). The number of carboxylic acid groups (broad SMARTS) is 1. The van der Waals surface area contributed by atoms with Gasteiger partial charge in [0, 0.05) is 18.7 Å². The lowest BCUT2D eigenvalue weighted by molar-refractivity contribution is -0.136. The predicted octanol–water partition coefficient (Wildman–Crippen LogP) is 2.56. The maximum Gasteiger partial charge on any atom is 0.303 e. The topological polar surface area (TPSA) is 55.1 Å². The highest BCUT2D eigenvalue weighted by Crippen LogP contribution is 2.21. The van der Waals surface area contributed by atoms with Crippen LogP contribution in [0.3, 0.4) is 0 Å². The van der Waals surface area contributed by atoms with Crippen LogP contribution in [-0.2, 0) is 17.8 Å². The summed E-state index contributed by atoms with van der Waals surface area (Å²) in [5.74, 6) is -0.757. The van der Waals surface area contributed by atoms with Gasteiger partial charge in [-0.25, -0.2) is 0 Å². The van der Waals surface area contributed by atoms with Gasteiger partial charge in [0.05, 0.1) is 5.69 Å². The van der Waals surface area contributed by atoms with E-state index in [0.717, 1.165) is 23.5 Å². The van der Waals surface area contributed by atoms with Crippen LogP contribution in [0.15, 0.2) is 0 Å². The first kappa shape index (κ1) is 13.7. The van der Waals surface area contributed by atoms with Crippen LogP contribution in [-0.4, -0.2) is 20.9 Å². The summed E-state index contributed by atoms with van der Waals surface area (Å²) in [4.78, 5) is 10.6. The molecule has 17 heavy (non-hydrogen) atoms. The molecule has 0 saturated heterocycles. The van der Waals surface area contributed by atoms with Crippen molar-refractivity contribution in [2.24, 2.45) is 5.41 Å². The van der Waals surface area contributed by atoms with E-state index in [9.17, 15) is 4.79 Å². The normalized spacial score (nSPS) is 11.8. The first-order valence-electron chi connectivity index (χ1n) is 5.95. The molecule has 1 heterocycles. The van der Waals surface area contributed by atoms with Crippen LogP contribution in [0.25, 0.3) is 0 Å². The highest BCUT2D eigenvalue weighted by atomic mass is 16.4. The van der Waals surface area contributed by atoms with Gasteiger partial charge in [0.25, 0.3) is 0 Å². The summed E-state index contributed by atoms with van der Waals surface area (Å²) in [5, 5.41) is 13.2. The van der Waals surface area contributed by atoms with E-state index in [0.29, 0.717) is 6.42 Å². The molecule has 0 aromatic carbocycles. The molecule has 0 unspecified atom stereocenters. The van der Waals surface area contributed by atoms with Crippen molar-refractivity contribution in [1.29, 1.82) is 0 Å². The Labute approximate surface area is 103 Å². The van der Waals surface area contributed by atoms with Crippen LogP contribution in [0.2, 0.25) is 0 Å². The number of rotatable bonds is 4. The molecule has 1 aromatic heterocycles. The van der Waals surface area contributed by atoms with Gasteiger partial charge in [-0.3, -0.25) is 9.48 Å². The molecule has 4 heteroatoms. The Balaban J connectivity index is 2.90. The molecule has 0 aliphatic rings. The van der Waals surface area contributed by atoms with Crippen molar-refractivity contribution in [3.8, 4) is 0 Å². The Hall–Kier alpha value is -1.32. The van der Waals surface area contributed by atoms with E-state index in [-0.39, 0.29) is 11.8 Å². The maximum absolute atomic E-state index is 10.6. The first-order valence-corrected chi connectivity index (χ1v) is 5.95. The summed E-state index contributed by atoms with van der Waals surface area (Å²) in [7, 11) is 0. The monoisotopic (exact) mass is 238 g/mol. The fourth-order valence-electron chi connectivity index (χ4n) is 1.93. The van der Waals surface area contributed by atoms with Crippen LogP contribution in [0.4, 0.5) is 0 Å². The second-order valence-electron chi connectivity index (χ2n) is 5.76. The third kappa shape index (κ3) is 3.88. The van der Waals surface area contributed by atoms with Gasteiger partial charge in [0.2, 0.25) is 0 Å². The Morgan fingerprint density at radius 2 is 1.94 bits per heavy atom. The fourth-order valence-corrected chi connectivity index (χ4v) is 1.93. The van der Waals surface area contributed by atoms with Crippen molar-refractivity contribution < 1.29 is 9.90 Å². The largest absolute Gasteiger partial charge is 0.481 e. The number of carbonyl (C=O) groups is 1. The van der Waals surface area contributed by atoms with Crippen molar-refractivity contribution in [2.45, 2.75) is 54.0 Å². The Morgan fingerprint density at radius 1 is 1.35 bits per heavy atom. The zero-order valence-corrected chi connectivity index (χ0v) is 11.4. The number of carboxylic acids is 1. The first-order chi connectivity index (χ1) is 7.70. The van der Waals surface area contributed by atoms with Gasteiger partial charge >= 0.3 is 5.97 Å². The minimum absolute atomic E-state index is 0.170. The Bertz CT molecular complexity index is 414. The number of nitrogens with zero attached hydrogens (tertiary/aromatic N) is 2. The summed E-state index contributed by atoms with van der Waals surface area (Å²) in [6, 6.07) is 0. The zero-order chi connectivity index (χ0) is 13.2. The average Bonchev–Trinajstić information content (AvgIpc) is 2.37. The van der Waals surface area contributed by atoms with E-state index in [2.05, 4.69) is 25.9 Å². The minimum Gasteiger partial charge on any atom is -0.481 e. The molecule has 0 spiro atoms. The third-order valence-corrected chi connectivity index (χ3v) is 2.74. The Kier molecular flexibility index (Phi) is 3.96. The minimum atomic E-state index is -0.757. The van der Waals surface area contributed by atoms with Crippen molar-refractivity contribution in [2.75, 3.05) is 0 Å². The molecular formula is C13H22N2O2. The molecule has 4 nitrogen and oxygen atoms in total. The van der Waals surface area contributed by atoms with Gasteiger partial charge < -0.3 is 5.11 Å². The van der Waals surface area contributed by atoms with E-state index >= 15 is 0 Å². The lowest BCUT2D eigenvalue weighted by atomic mass is 9.97. The number of aliphatic carboxylic acids is 1. The van der Waals surface area contributed by atoms with E-state index < -0.39 is 5.97 Å². The van der Waals surface area contributed by atoms with Crippen molar-refractivity contribution in [3.05, 3.63) is 17.0 Å². The van der Waals surface area contributed by atoms with E-state index in [1.165, 1.54) is 0 Å². The SMILES string of the molecule is Cc1nn(CC(C)(C)C)c(C)c1CCC(=O)O. The van der Waals surface area contributed by atoms with Crippen molar-refractivity contribution in [1.82, 2.24) is 9.78 Å². The van der Waals surface area contributed by atoms with Crippen LogP contribution in [0.5, 0.6) is 0 Å². The molecule has 0 fully saturated rings. The van der Waals surface area contributed by atoms with Gasteiger partial charge in [-0.15, -0.1) is 0 Å². The molecule has 0 aliphatic carbocycles. The van der Waals surface area contributed by atoms with Crippen LogP contribution in [0.1, 0.15) is 44.1 Å². The smallest absolute Gasteiger partial charge is 0.303 e. The van der Waals surface area contributed by atoms with Crippen LogP contribution >= 0.6 is 0 Å². The summed E-state index contributed by atoms with van der Waals surface area (Å²) in [6.45, 7) is 11.3. The molecule has 0 bridgehead atoms. The third-order valence-electron chi connectivity index (χ3n) is 2.74. The predicted molar refractivity (Wildman–Crippen MR) is 67.1 cm³/mol.